The molecule has 16 heavy (non-hydrogen) atoms. The molecule has 0 bridgehead atoms. The molecule has 0 radical (unpaired) electrons. The third-order valence-electron chi connectivity index (χ3n) is 3.38. The molecule has 0 heterocycles. The van der Waals surface area contributed by atoms with E-state index in [1.807, 2.05) is 0 Å². The minimum absolute atomic E-state index is 0.493. The minimum Gasteiger partial charge on any atom is -0.365 e. The lowest BCUT2D eigenvalue weighted by Crippen LogP contribution is -2.41. The molecule has 0 amide bonds. The van der Waals surface area contributed by atoms with Crippen molar-refractivity contribution in [2.45, 2.75) is 50.8 Å². The summed E-state index contributed by atoms with van der Waals surface area (Å²) in [4.78, 5) is 0. The van der Waals surface area contributed by atoms with E-state index in [0.717, 1.165) is 32.1 Å². The van der Waals surface area contributed by atoms with Gasteiger partial charge in [-0.3, -0.25) is 0 Å². The summed E-state index contributed by atoms with van der Waals surface area (Å²) in [6, 6.07) is 0. The molecule has 0 aromatic carbocycles. The summed E-state index contributed by atoms with van der Waals surface area (Å²) >= 11 is 3.29. The van der Waals surface area contributed by atoms with E-state index >= 15 is 0 Å². The molecule has 1 fully saturated rings. The standard InChI is InChI=1S/C11H18BrF3O/c1-2-9-3-5-10(7-12,6-4-9)16-8-11(13,14)15/h9H,2-8H2,1H3. The van der Waals surface area contributed by atoms with Crippen molar-refractivity contribution in [3.8, 4) is 0 Å². The molecule has 1 rings (SSSR count). The summed E-state index contributed by atoms with van der Waals surface area (Å²) in [6.07, 6.45) is 0.286. The average molecular weight is 303 g/mol. The second-order valence-electron chi connectivity index (χ2n) is 4.57. The van der Waals surface area contributed by atoms with E-state index in [1.165, 1.54) is 0 Å². The van der Waals surface area contributed by atoms with Crippen LogP contribution in [0.4, 0.5) is 13.2 Å². The van der Waals surface area contributed by atoms with E-state index in [4.69, 9.17) is 4.74 Å². The van der Waals surface area contributed by atoms with Gasteiger partial charge in [-0.05, 0) is 31.6 Å². The fraction of sp³-hybridized carbons (Fsp3) is 1.00. The quantitative estimate of drug-likeness (QED) is 0.704. The Morgan fingerprint density at radius 1 is 1.31 bits per heavy atom. The molecular weight excluding hydrogens is 285 g/mol. The second kappa shape index (κ2) is 5.71. The lowest BCUT2D eigenvalue weighted by molar-refractivity contribution is -0.207. The molecule has 0 unspecified atom stereocenters. The van der Waals surface area contributed by atoms with Crippen molar-refractivity contribution in [2.75, 3.05) is 11.9 Å². The molecule has 0 N–H and O–H groups in total. The van der Waals surface area contributed by atoms with Crippen molar-refractivity contribution in [3.63, 3.8) is 0 Å². The monoisotopic (exact) mass is 302 g/mol. The molecule has 1 nitrogen and oxygen atoms in total. The number of halogens is 4. The molecule has 5 heteroatoms. The van der Waals surface area contributed by atoms with Crippen LogP contribution in [0.15, 0.2) is 0 Å². The molecular formula is C11H18BrF3O. The van der Waals surface area contributed by atoms with Gasteiger partial charge in [0, 0.05) is 5.33 Å². The number of ether oxygens (including phenoxy) is 1. The molecule has 0 aliphatic heterocycles. The van der Waals surface area contributed by atoms with E-state index in [1.54, 1.807) is 0 Å². The van der Waals surface area contributed by atoms with Crippen LogP contribution in [0.5, 0.6) is 0 Å². The van der Waals surface area contributed by atoms with Crippen LogP contribution in [0.3, 0.4) is 0 Å². The molecule has 0 saturated heterocycles. The normalized spacial score (nSPS) is 31.7. The van der Waals surface area contributed by atoms with Gasteiger partial charge in [-0.2, -0.15) is 13.2 Å². The van der Waals surface area contributed by atoms with E-state index < -0.39 is 18.4 Å². The maximum Gasteiger partial charge on any atom is 0.411 e. The SMILES string of the molecule is CCC1CCC(CBr)(OCC(F)(F)F)CC1. The van der Waals surface area contributed by atoms with Crippen LogP contribution in [-0.4, -0.2) is 23.7 Å². The van der Waals surface area contributed by atoms with Crippen LogP contribution >= 0.6 is 15.9 Å². The van der Waals surface area contributed by atoms with Crippen LogP contribution < -0.4 is 0 Å². The van der Waals surface area contributed by atoms with Crippen LogP contribution in [-0.2, 0) is 4.74 Å². The van der Waals surface area contributed by atoms with E-state index in [-0.39, 0.29) is 0 Å². The van der Waals surface area contributed by atoms with Gasteiger partial charge in [0.15, 0.2) is 0 Å². The van der Waals surface area contributed by atoms with Crippen LogP contribution in [0.25, 0.3) is 0 Å². The largest absolute Gasteiger partial charge is 0.411 e. The molecule has 0 atom stereocenters. The van der Waals surface area contributed by atoms with E-state index in [9.17, 15) is 13.2 Å². The average Bonchev–Trinajstić information content (AvgIpc) is 2.26. The van der Waals surface area contributed by atoms with Crippen molar-refractivity contribution in [1.29, 1.82) is 0 Å². The predicted molar refractivity (Wildman–Crippen MR) is 60.8 cm³/mol. The van der Waals surface area contributed by atoms with Gasteiger partial charge in [0.25, 0.3) is 0 Å². The van der Waals surface area contributed by atoms with Crippen molar-refractivity contribution < 1.29 is 17.9 Å². The highest BCUT2D eigenvalue weighted by Crippen LogP contribution is 2.38. The van der Waals surface area contributed by atoms with Gasteiger partial charge in [0.2, 0.25) is 0 Å². The van der Waals surface area contributed by atoms with Gasteiger partial charge >= 0.3 is 6.18 Å². The topological polar surface area (TPSA) is 9.23 Å². The molecule has 0 aromatic rings. The summed E-state index contributed by atoms with van der Waals surface area (Å²) < 4.78 is 41.5. The van der Waals surface area contributed by atoms with Crippen LogP contribution in [0.2, 0.25) is 0 Å². The summed E-state index contributed by atoms with van der Waals surface area (Å²) in [5.74, 6) is 0.654. The van der Waals surface area contributed by atoms with E-state index in [2.05, 4.69) is 22.9 Å². The highest BCUT2D eigenvalue weighted by Gasteiger charge is 2.39. The zero-order valence-electron chi connectivity index (χ0n) is 9.45. The first-order valence-electron chi connectivity index (χ1n) is 5.67. The van der Waals surface area contributed by atoms with Gasteiger partial charge in [-0.25, -0.2) is 0 Å². The highest BCUT2D eigenvalue weighted by atomic mass is 79.9. The van der Waals surface area contributed by atoms with Gasteiger partial charge in [-0.1, -0.05) is 29.3 Å². The smallest absolute Gasteiger partial charge is 0.365 e. The van der Waals surface area contributed by atoms with Crippen LogP contribution in [0.1, 0.15) is 39.0 Å². The Labute approximate surface area is 103 Å². The maximum absolute atomic E-state index is 12.1. The Hall–Kier alpha value is 0.230. The molecule has 0 spiro atoms. The first-order valence-corrected chi connectivity index (χ1v) is 6.79. The Balaban J connectivity index is 2.46. The van der Waals surface area contributed by atoms with Crippen molar-refractivity contribution in [2.24, 2.45) is 5.92 Å². The minimum atomic E-state index is -4.23. The summed E-state index contributed by atoms with van der Waals surface area (Å²) in [6.45, 7) is 0.998. The Morgan fingerprint density at radius 2 is 1.88 bits per heavy atom. The number of rotatable bonds is 4. The second-order valence-corrected chi connectivity index (χ2v) is 5.13. The zero-order valence-corrected chi connectivity index (χ0v) is 11.0. The van der Waals surface area contributed by atoms with Gasteiger partial charge in [-0.15, -0.1) is 0 Å². The molecule has 96 valence electrons. The third kappa shape index (κ3) is 4.24. The lowest BCUT2D eigenvalue weighted by Gasteiger charge is -2.39. The summed E-state index contributed by atoms with van der Waals surface area (Å²) in [5.41, 5.74) is -0.596. The van der Waals surface area contributed by atoms with Crippen LogP contribution in [0, 0.1) is 5.92 Å². The number of alkyl halides is 4. The highest BCUT2D eigenvalue weighted by molar-refractivity contribution is 9.09. The molecule has 1 saturated carbocycles. The first-order chi connectivity index (χ1) is 7.41. The van der Waals surface area contributed by atoms with Crippen molar-refractivity contribution in [3.05, 3.63) is 0 Å². The Kier molecular flexibility index (Phi) is 5.10. The molecule has 1 aliphatic rings. The number of hydrogen-bond donors (Lipinski definition) is 0. The summed E-state index contributed by atoms with van der Waals surface area (Å²) in [5, 5.41) is 0.493. The fourth-order valence-electron chi connectivity index (χ4n) is 2.16. The summed E-state index contributed by atoms with van der Waals surface area (Å²) in [7, 11) is 0. The van der Waals surface area contributed by atoms with Crippen molar-refractivity contribution in [1.82, 2.24) is 0 Å². The Bertz CT molecular complexity index is 210. The molecule has 1 aliphatic carbocycles. The Morgan fingerprint density at radius 3 is 2.25 bits per heavy atom. The lowest BCUT2D eigenvalue weighted by atomic mass is 9.79. The third-order valence-corrected chi connectivity index (χ3v) is 4.40. The van der Waals surface area contributed by atoms with E-state index in [0.29, 0.717) is 11.2 Å². The van der Waals surface area contributed by atoms with Gasteiger partial charge in [0.1, 0.15) is 6.61 Å². The van der Waals surface area contributed by atoms with Gasteiger partial charge in [0.05, 0.1) is 5.60 Å². The van der Waals surface area contributed by atoms with Crippen molar-refractivity contribution >= 4 is 15.9 Å². The molecule has 0 aromatic heterocycles. The van der Waals surface area contributed by atoms with Gasteiger partial charge < -0.3 is 4.74 Å². The number of hydrogen-bond acceptors (Lipinski definition) is 1. The predicted octanol–water partition coefficient (Wildman–Crippen LogP) is 4.30. The first kappa shape index (κ1) is 14.3. The zero-order chi connectivity index (χ0) is 12.2. The fourth-order valence-corrected chi connectivity index (χ4v) is 2.89. The maximum atomic E-state index is 12.1.